The molecule has 8 heteroatoms. The van der Waals surface area contributed by atoms with Crippen LogP contribution in [0.2, 0.25) is 0 Å². The number of aliphatic hydroxyl groups excluding tert-OH is 1. The Hall–Kier alpha value is -4.46. The Labute approximate surface area is 215 Å². The Kier molecular flexibility index (Phi) is 6.25. The van der Waals surface area contributed by atoms with Crippen molar-refractivity contribution in [3.8, 4) is 11.5 Å². The molecule has 37 heavy (non-hydrogen) atoms. The molecule has 1 saturated heterocycles. The van der Waals surface area contributed by atoms with Crippen LogP contribution in [0.3, 0.4) is 0 Å². The highest BCUT2D eigenvalue weighted by atomic mass is 16.6. The highest BCUT2D eigenvalue weighted by Crippen LogP contribution is 2.43. The zero-order valence-electron chi connectivity index (χ0n) is 21.3. The van der Waals surface area contributed by atoms with E-state index in [0.29, 0.717) is 41.5 Å². The van der Waals surface area contributed by atoms with Gasteiger partial charge in [-0.1, -0.05) is 12.1 Å². The summed E-state index contributed by atoms with van der Waals surface area (Å²) in [5, 5.41) is 11.4. The summed E-state index contributed by atoms with van der Waals surface area (Å²) in [4.78, 5) is 32.3. The van der Waals surface area contributed by atoms with E-state index in [-0.39, 0.29) is 11.3 Å². The van der Waals surface area contributed by atoms with Crippen LogP contribution in [0.25, 0.3) is 5.76 Å². The maximum Gasteiger partial charge on any atom is 0.300 e. The molecule has 0 radical (unpaired) electrons. The summed E-state index contributed by atoms with van der Waals surface area (Å²) in [5.41, 5.74) is 3.61. The minimum atomic E-state index is -0.811. The summed E-state index contributed by atoms with van der Waals surface area (Å²) in [6, 6.07) is 19.2. The third kappa shape index (κ3) is 4.35. The minimum absolute atomic E-state index is 0.0240. The topological polar surface area (TPSA) is 82.5 Å². The van der Waals surface area contributed by atoms with Crippen molar-refractivity contribution in [2.75, 3.05) is 56.1 Å². The van der Waals surface area contributed by atoms with Crippen LogP contribution in [0.1, 0.15) is 17.2 Å². The summed E-state index contributed by atoms with van der Waals surface area (Å²) >= 11 is 0. The molecule has 2 aliphatic rings. The number of amides is 1. The first kappa shape index (κ1) is 24.2. The van der Waals surface area contributed by atoms with Gasteiger partial charge in [0.25, 0.3) is 11.7 Å². The van der Waals surface area contributed by atoms with Crippen molar-refractivity contribution in [1.29, 1.82) is 0 Å². The van der Waals surface area contributed by atoms with E-state index in [1.54, 1.807) is 18.2 Å². The first-order chi connectivity index (χ1) is 17.8. The van der Waals surface area contributed by atoms with E-state index in [2.05, 4.69) is 0 Å². The monoisotopic (exact) mass is 499 g/mol. The zero-order valence-corrected chi connectivity index (χ0v) is 21.3. The number of rotatable bonds is 5. The molecule has 0 saturated carbocycles. The Morgan fingerprint density at radius 3 is 1.97 bits per heavy atom. The second kappa shape index (κ2) is 9.54. The van der Waals surface area contributed by atoms with Gasteiger partial charge in [0.1, 0.15) is 19.0 Å². The fraction of sp³-hybridized carbons (Fsp3) is 0.241. The van der Waals surface area contributed by atoms with Gasteiger partial charge >= 0.3 is 0 Å². The Bertz CT molecular complexity index is 1380. The third-order valence-electron chi connectivity index (χ3n) is 6.63. The Morgan fingerprint density at radius 1 is 0.811 bits per heavy atom. The van der Waals surface area contributed by atoms with Gasteiger partial charge in [-0.15, -0.1) is 0 Å². The van der Waals surface area contributed by atoms with Gasteiger partial charge < -0.3 is 24.4 Å². The number of aliphatic hydroxyl groups is 1. The summed E-state index contributed by atoms with van der Waals surface area (Å²) in [6.07, 6.45) is 0. The lowest BCUT2D eigenvalue weighted by Gasteiger charge is -2.26. The SMILES string of the molecule is CN(C)c1ccc(C2/C(=C(/O)c3ccc4c(c3)OCCO4)C(=O)C(=O)N2c2ccc(N(C)C)cc2)cc1. The molecule has 1 fully saturated rings. The van der Waals surface area contributed by atoms with Crippen LogP contribution < -0.4 is 24.2 Å². The number of ether oxygens (including phenoxy) is 2. The average molecular weight is 500 g/mol. The van der Waals surface area contributed by atoms with Crippen molar-refractivity contribution in [2.24, 2.45) is 0 Å². The molecule has 2 heterocycles. The largest absolute Gasteiger partial charge is 0.507 e. The van der Waals surface area contributed by atoms with E-state index in [1.165, 1.54) is 4.90 Å². The lowest BCUT2D eigenvalue weighted by atomic mass is 9.94. The van der Waals surface area contributed by atoms with Crippen LogP contribution in [-0.2, 0) is 9.59 Å². The van der Waals surface area contributed by atoms with Crippen LogP contribution in [0, 0.1) is 0 Å². The molecule has 1 N–H and O–H groups in total. The molecule has 8 nitrogen and oxygen atoms in total. The second-order valence-corrected chi connectivity index (χ2v) is 9.42. The lowest BCUT2D eigenvalue weighted by molar-refractivity contribution is -0.132. The summed E-state index contributed by atoms with van der Waals surface area (Å²) in [5.74, 6) is -0.649. The van der Waals surface area contributed by atoms with Crippen molar-refractivity contribution < 1.29 is 24.2 Å². The Morgan fingerprint density at radius 2 is 1.38 bits per heavy atom. The van der Waals surface area contributed by atoms with Crippen molar-refractivity contribution >= 4 is 34.5 Å². The van der Waals surface area contributed by atoms with Crippen LogP contribution in [-0.4, -0.2) is 58.2 Å². The molecule has 0 aromatic heterocycles. The number of ketones is 1. The van der Waals surface area contributed by atoms with Crippen molar-refractivity contribution in [1.82, 2.24) is 0 Å². The molecule has 1 atom stereocenters. The molecule has 0 aliphatic carbocycles. The maximum absolute atomic E-state index is 13.4. The molecular weight excluding hydrogens is 470 g/mol. The van der Waals surface area contributed by atoms with Crippen molar-refractivity contribution in [3.63, 3.8) is 0 Å². The predicted molar refractivity (Wildman–Crippen MR) is 144 cm³/mol. The number of anilines is 3. The molecule has 3 aromatic carbocycles. The molecule has 1 amide bonds. The minimum Gasteiger partial charge on any atom is -0.507 e. The molecule has 3 aromatic rings. The molecule has 1 unspecified atom stereocenters. The van der Waals surface area contributed by atoms with Gasteiger partial charge in [-0.3, -0.25) is 14.5 Å². The quantitative estimate of drug-likeness (QED) is 0.320. The normalized spacial score (nSPS) is 18.2. The van der Waals surface area contributed by atoms with E-state index in [4.69, 9.17) is 9.47 Å². The number of carbonyl (C=O) groups excluding carboxylic acids is 2. The number of nitrogens with zero attached hydrogens (tertiary/aromatic N) is 3. The van der Waals surface area contributed by atoms with Gasteiger partial charge in [0.2, 0.25) is 0 Å². The molecule has 2 aliphatic heterocycles. The Balaban J connectivity index is 1.66. The molecule has 0 bridgehead atoms. The lowest BCUT2D eigenvalue weighted by Crippen LogP contribution is -2.29. The highest BCUT2D eigenvalue weighted by Gasteiger charge is 2.47. The van der Waals surface area contributed by atoms with Crippen LogP contribution in [0.15, 0.2) is 72.3 Å². The van der Waals surface area contributed by atoms with Crippen LogP contribution in [0.4, 0.5) is 17.1 Å². The van der Waals surface area contributed by atoms with Gasteiger partial charge in [0, 0.05) is 50.8 Å². The van der Waals surface area contributed by atoms with E-state index in [0.717, 1.165) is 11.4 Å². The van der Waals surface area contributed by atoms with Crippen molar-refractivity contribution in [3.05, 3.63) is 83.4 Å². The van der Waals surface area contributed by atoms with Crippen molar-refractivity contribution in [2.45, 2.75) is 6.04 Å². The molecular formula is C29H29N3O5. The second-order valence-electron chi connectivity index (χ2n) is 9.42. The first-order valence-corrected chi connectivity index (χ1v) is 12.0. The standard InChI is InChI=1S/C29H29N3O5/c1-30(2)20-8-5-18(6-9-20)26-25(27(33)19-7-14-23-24(17-19)37-16-15-36-23)28(34)29(35)32(26)22-12-10-21(11-13-22)31(3)4/h5-14,17,26,33H,15-16H2,1-4H3/b27-25-. The summed E-state index contributed by atoms with van der Waals surface area (Å²) in [7, 11) is 7.74. The smallest absolute Gasteiger partial charge is 0.300 e. The number of Topliss-reactive ketones (excluding diaryl/α,β-unsaturated/α-hetero) is 1. The van der Waals surface area contributed by atoms with Gasteiger partial charge in [0.15, 0.2) is 11.5 Å². The van der Waals surface area contributed by atoms with Gasteiger partial charge in [0.05, 0.1) is 11.6 Å². The van der Waals surface area contributed by atoms with E-state index in [9.17, 15) is 14.7 Å². The molecule has 0 spiro atoms. The maximum atomic E-state index is 13.4. The third-order valence-corrected chi connectivity index (χ3v) is 6.63. The number of carbonyl (C=O) groups is 2. The number of fused-ring (bicyclic) bond motifs is 1. The van der Waals surface area contributed by atoms with E-state index < -0.39 is 17.7 Å². The van der Waals surface area contributed by atoms with Gasteiger partial charge in [-0.2, -0.15) is 0 Å². The van der Waals surface area contributed by atoms with Gasteiger partial charge in [-0.25, -0.2) is 0 Å². The number of hydrogen-bond acceptors (Lipinski definition) is 7. The first-order valence-electron chi connectivity index (χ1n) is 12.0. The van der Waals surface area contributed by atoms with Crippen LogP contribution in [0.5, 0.6) is 11.5 Å². The summed E-state index contributed by atoms with van der Waals surface area (Å²) in [6.45, 7) is 0.835. The predicted octanol–water partition coefficient (Wildman–Crippen LogP) is 4.22. The highest BCUT2D eigenvalue weighted by molar-refractivity contribution is 6.51. The fourth-order valence-electron chi connectivity index (χ4n) is 4.63. The van der Waals surface area contributed by atoms with Crippen LogP contribution >= 0.6 is 0 Å². The van der Waals surface area contributed by atoms with E-state index in [1.807, 2.05) is 86.5 Å². The summed E-state index contributed by atoms with van der Waals surface area (Å²) < 4.78 is 11.2. The zero-order chi connectivity index (χ0) is 26.3. The molecule has 190 valence electrons. The fourth-order valence-corrected chi connectivity index (χ4v) is 4.63. The number of benzene rings is 3. The average Bonchev–Trinajstić information content (AvgIpc) is 3.18. The molecule has 5 rings (SSSR count). The number of hydrogen-bond donors (Lipinski definition) is 1. The van der Waals surface area contributed by atoms with Gasteiger partial charge in [-0.05, 0) is 60.2 Å². The van der Waals surface area contributed by atoms with E-state index >= 15 is 0 Å².